The van der Waals surface area contributed by atoms with E-state index in [0.29, 0.717) is 12.0 Å². The number of ether oxygens (including phenoxy) is 1. The summed E-state index contributed by atoms with van der Waals surface area (Å²) in [5, 5.41) is 3.39. The van der Waals surface area contributed by atoms with Crippen LogP contribution in [0.5, 0.6) is 0 Å². The molecule has 0 spiro atoms. The average Bonchev–Trinajstić information content (AvgIpc) is 2.55. The van der Waals surface area contributed by atoms with Gasteiger partial charge in [-0.2, -0.15) is 0 Å². The number of hydrogen-bond acceptors (Lipinski definition) is 3. The predicted octanol–water partition coefficient (Wildman–Crippen LogP) is 1.49. The van der Waals surface area contributed by atoms with Crippen molar-refractivity contribution in [2.45, 2.75) is 38.3 Å². The third kappa shape index (κ3) is 1.81. The lowest BCUT2D eigenvalue weighted by Crippen LogP contribution is -2.59. The van der Waals surface area contributed by atoms with Crippen molar-refractivity contribution in [2.75, 3.05) is 7.11 Å². The van der Waals surface area contributed by atoms with Gasteiger partial charge in [0.2, 0.25) is 0 Å². The quantitative estimate of drug-likeness (QED) is 0.565. The summed E-state index contributed by atoms with van der Waals surface area (Å²) in [7, 11) is 1.44. The second-order valence-corrected chi connectivity index (χ2v) is 5.10. The van der Waals surface area contributed by atoms with Crippen LogP contribution < -0.4 is 5.32 Å². The van der Waals surface area contributed by atoms with Gasteiger partial charge in [-0.1, -0.05) is 12.2 Å². The van der Waals surface area contributed by atoms with Crippen LogP contribution in [0.2, 0.25) is 0 Å². The van der Waals surface area contributed by atoms with Gasteiger partial charge in [0.05, 0.1) is 7.11 Å². The van der Waals surface area contributed by atoms with Crippen LogP contribution in [0, 0.1) is 11.8 Å². The van der Waals surface area contributed by atoms with Crippen molar-refractivity contribution in [3.63, 3.8) is 0 Å². The molecule has 1 saturated carbocycles. The third-order valence-corrected chi connectivity index (χ3v) is 3.60. The first-order chi connectivity index (χ1) is 7.04. The largest absolute Gasteiger partial charge is 0.468 e. The summed E-state index contributed by atoms with van der Waals surface area (Å²) < 4.78 is 4.78. The van der Waals surface area contributed by atoms with Crippen LogP contribution in [0.4, 0.5) is 0 Å². The van der Waals surface area contributed by atoms with Crippen molar-refractivity contribution in [3.8, 4) is 0 Å². The first-order valence-corrected chi connectivity index (χ1v) is 5.57. The monoisotopic (exact) mass is 209 g/mol. The Morgan fingerprint density at radius 1 is 1.53 bits per heavy atom. The summed E-state index contributed by atoms with van der Waals surface area (Å²) in [6, 6.07) is 0.447. The highest BCUT2D eigenvalue weighted by atomic mass is 16.5. The molecule has 84 valence electrons. The molecule has 15 heavy (non-hydrogen) atoms. The van der Waals surface area contributed by atoms with Gasteiger partial charge >= 0.3 is 5.97 Å². The predicted molar refractivity (Wildman–Crippen MR) is 58.4 cm³/mol. The maximum Gasteiger partial charge on any atom is 0.325 e. The van der Waals surface area contributed by atoms with Crippen LogP contribution in [-0.4, -0.2) is 24.7 Å². The third-order valence-electron chi connectivity index (χ3n) is 3.60. The van der Waals surface area contributed by atoms with Crippen molar-refractivity contribution in [3.05, 3.63) is 12.2 Å². The standard InChI is InChI=1S/C12H19NO2/c1-12(2,11(14)15-3)13-10-7-8-5-4-6-9(8)10/h4,6,8-10,13H,5,7H2,1-3H3. The van der Waals surface area contributed by atoms with Crippen molar-refractivity contribution < 1.29 is 9.53 Å². The van der Waals surface area contributed by atoms with Crippen molar-refractivity contribution in [1.82, 2.24) is 5.32 Å². The lowest BCUT2D eigenvalue weighted by atomic mass is 9.70. The summed E-state index contributed by atoms with van der Waals surface area (Å²) in [4.78, 5) is 11.5. The molecule has 0 aliphatic heterocycles. The van der Waals surface area contributed by atoms with E-state index < -0.39 is 5.54 Å². The number of allylic oxidation sites excluding steroid dienone is 1. The van der Waals surface area contributed by atoms with Gasteiger partial charge in [-0.25, -0.2) is 0 Å². The van der Waals surface area contributed by atoms with Crippen molar-refractivity contribution >= 4 is 5.97 Å². The van der Waals surface area contributed by atoms with E-state index in [2.05, 4.69) is 17.5 Å². The van der Waals surface area contributed by atoms with Crippen LogP contribution in [-0.2, 0) is 9.53 Å². The highest BCUT2D eigenvalue weighted by Crippen LogP contribution is 2.43. The van der Waals surface area contributed by atoms with Gasteiger partial charge in [0, 0.05) is 6.04 Å². The number of carbonyl (C=O) groups excluding carboxylic acids is 1. The second-order valence-electron chi connectivity index (χ2n) is 5.10. The van der Waals surface area contributed by atoms with E-state index in [0.717, 1.165) is 5.92 Å². The van der Waals surface area contributed by atoms with E-state index in [1.165, 1.54) is 20.0 Å². The number of esters is 1. The maximum atomic E-state index is 11.5. The molecule has 2 rings (SSSR count). The Bertz CT molecular complexity index is 296. The average molecular weight is 209 g/mol. The molecule has 3 heteroatoms. The second kappa shape index (κ2) is 3.63. The Balaban J connectivity index is 1.92. The fraction of sp³-hybridized carbons (Fsp3) is 0.750. The van der Waals surface area contributed by atoms with Gasteiger partial charge in [0.15, 0.2) is 0 Å². The molecule has 0 bridgehead atoms. The minimum atomic E-state index is -0.569. The zero-order chi connectivity index (χ0) is 11.1. The first kappa shape index (κ1) is 10.7. The van der Waals surface area contributed by atoms with Gasteiger partial charge in [-0.05, 0) is 38.5 Å². The Morgan fingerprint density at radius 2 is 2.27 bits per heavy atom. The van der Waals surface area contributed by atoms with E-state index in [9.17, 15) is 4.79 Å². The van der Waals surface area contributed by atoms with Crippen molar-refractivity contribution in [1.29, 1.82) is 0 Å². The number of methoxy groups -OCH3 is 1. The van der Waals surface area contributed by atoms with Gasteiger partial charge < -0.3 is 4.74 Å². The number of fused-ring (bicyclic) bond motifs is 1. The normalized spacial score (nSPS) is 33.4. The molecule has 2 aliphatic carbocycles. The molecule has 0 amide bonds. The van der Waals surface area contributed by atoms with Gasteiger partial charge in [0.25, 0.3) is 0 Å². The molecular formula is C12H19NO2. The Hall–Kier alpha value is -0.830. The van der Waals surface area contributed by atoms with E-state index in [4.69, 9.17) is 4.74 Å². The molecule has 0 heterocycles. The number of nitrogens with one attached hydrogen (secondary N) is 1. The van der Waals surface area contributed by atoms with Crippen LogP contribution >= 0.6 is 0 Å². The highest BCUT2D eigenvalue weighted by molar-refractivity contribution is 5.79. The summed E-state index contributed by atoms with van der Waals surface area (Å²) in [5.74, 6) is 1.26. The zero-order valence-electron chi connectivity index (χ0n) is 9.62. The topological polar surface area (TPSA) is 38.3 Å². The maximum absolute atomic E-state index is 11.5. The Kier molecular flexibility index (Phi) is 2.59. The molecule has 3 nitrogen and oxygen atoms in total. The minimum Gasteiger partial charge on any atom is -0.468 e. The molecule has 3 atom stereocenters. The lowest BCUT2D eigenvalue weighted by molar-refractivity contribution is -0.148. The molecular weight excluding hydrogens is 190 g/mol. The Labute approximate surface area is 90.9 Å². The number of carbonyl (C=O) groups is 1. The number of rotatable bonds is 3. The van der Waals surface area contributed by atoms with Crippen LogP contribution in [0.15, 0.2) is 12.2 Å². The number of hydrogen-bond donors (Lipinski definition) is 1. The molecule has 3 unspecified atom stereocenters. The van der Waals surface area contributed by atoms with Gasteiger partial charge in [0.1, 0.15) is 5.54 Å². The van der Waals surface area contributed by atoms with Gasteiger partial charge in [-0.15, -0.1) is 0 Å². The molecule has 1 fully saturated rings. The van der Waals surface area contributed by atoms with Crippen LogP contribution in [0.3, 0.4) is 0 Å². The van der Waals surface area contributed by atoms with E-state index in [1.807, 2.05) is 13.8 Å². The van der Waals surface area contributed by atoms with E-state index >= 15 is 0 Å². The van der Waals surface area contributed by atoms with Crippen molar-refractivity contribution in [2.24, 2.45) is 11.8 Å². The molecule has 0 radical (unpaired) electrons. The summed E-state index contributed by atoms with van der Waals surface area (Å²) in [6.45, 7) is 3.76. The van der Waals surface area contributed by atoms with Gasteiger partial charge in [-0.3, -0.25) is 10.1 Å². The molecule has 0 aromatic heterocycles. The SMILES string of the molecule is COC(=O)C(C)(C)NC1CC2CC=CC21. The molecule has 2 aliphatic rings. The summed E-state index contributed by atoms with van der Waals surface area (Å²) >= 11 is 0. The highest BCUT2D eigenvalue weighted by Gasteiger charge is 2.44. The van der Waals surface area contributed by atoms with E-state index in [1.54, 1.807) is 0 Å². The fourth-order valence-electron chi connectivity index (χ4n) is 2.66. The van der Waals surface area contributed by atoms with E-state index in [-0.39, 0.29) is 5.97 Å². The Morgan fingerprint density at radius 3 is 2.87 bits per heavy atom. The van der Waals surface area contributed by atoms with Crippen LogP contribution in [0.1, 0.15) is 26.7 Å². The lowest BCUT2D eigenvalue weighted by Gasteiger charge is -2.44. The molecule has 0 aromatic carbocycles. The zero-order valence-corrected chi connectivity index (χ0v) is 9.62. The minimum absolute atomic E-state index is 0.187. The summed E-state index contributed by atoms with van der Waals surface area (Å²) in [6.07, 6.45) is 6.92. The smallest absolute Gasteiger partial charge is 0.325 e. The van der Waals surface area contributed by atoms with Crippen LogP contribution in [0.25, 0.3) is 0 Å². The first-order valence-electron chi connectivity index (χ1n) is 5.57. The summed E-state index contributed by atoms with van der Waals surface area (Å²) in [5.41, 5.74) is -0.569. The fourth-order valence-corrected chi connectivity index (χ4v) is 2.66. The molecule has 0 aromatic rings. The molecule has 1 N–H and O–H groups in total. The molecule has 0 saturated heterocycles.